The molecule has 0 radical (unpaired) electrons. The number of halogens is 3. The van der Waals surface area contributed by atoms with Crippen molar-refractivity contribution in [3.05, 3.63) is 29.8 Å². The van der Waals surface area contributed by atoms with Crippen LogP contribution < -0.4 is 15.4 Å². The van der Waals surface area contributed by atoms with E-state index in [-0.39, 0.29) is 12.2 Å². The molecule has 2 rings (SSSR count). The third kappa shape index (κ3) is 4.95. The first-order valence-electron chi connectivity index (χ1n) is 9.21. The lowest BCUT2D eigenvalue weighted by atomic mass is 9.93. The molecule has 9 heteroatoms. The Labute approximate surface area is 161 Å². The summed E-state index contributed by atoms with van der Waals surface area (Å²) in [6.07, 6.45) is -1.71. The molecule has 1 aromatic rings. The summed E-state index contributed by atoms with van der Waals surface area (Å²) in [7, 11) is 1.43. The van der Waals surface area contributed by atoms with Crippen LogP contribution in [0.1, 0.15) is 49.4 Å². The lowest BCUT2D eigenvalue weighted by Gasteiger charge is -2.38. The highest BCUT2D eigenvalue weighted by Crippen LogP contribution is 2.32. The molecule has 6 nitrogen and oxygen atoms in total. The number of benzene rings is 1. The second kappa shape index (κ2) is 9.27. The predicted molar refractivity (Wildman–Crippen MR) is 95.9 cm³/mol. The van der Waals surface area contributed by atoms with Crippen LogP contribution in [0.2, 0.25) is 0 Å². The van der Waals surface area contributed by atoms with Gasteiger partial charge < -0.3 is 14.8 Å². The molecule has 0 spiro atoms. The van der Waals surface area contributed by atoms with Gasteiger partial charge in [-0.25, -0.2) is 4.79 Å². The maximum absolute atomic E-state index is 14.1. The number of ether oxygens (including phenoxy) is 2. The molecule has 0 unspecified atom stereocenters. The molecule has 0 bridgehead atoms. The molecule has 0 aliphatic heterocycles. The predicted octanol–water partition coefficient (Wildman–Crippen LogP) is 3.17. The van der Waals surface area contributed by atoms with Crippen LogP contribution in [0, 0.1) is 0 Å². The molecule has 1 aliphatic rings. The van der Waals surface area contributed by atoms with Crippen LogP contribution in [0.15, 0.2) is 24.3 Å². The summed E-state index contributed by atoms with van der Waals surface area (Å²) in [5.41, 5.74) is -3.36. The van der Waals surface area contributed by atoms with E-state index in [1.165, 1.54) is 38.3 Å². The average Bonchev–Trinajstić information content (AvgIpc) is 2.67. The zero-order chi connectivity index (χ0) is 20.8. The molecule has 28 heavy (non-hydrogen) atoms. The van der Waals surface area contributed by atoms with E-state index in [0.29, 0.717) is 18.6 Å². The Hall–Kier alpha value is -2.29. The Morgan fingerprint density at radius 1 is 1.11 bits per heavy atom. The van der Waals surface area contributed by atoms with Crippen molar-refractivity contribution in [3.63, 3.8) is 0 Å². The highest BCUT2D eigenvalue weighted by atomic mass is 19.4. The molecule has 1 fully saturated rings. The lowest BCUT2D eigenvalue weighted by Crippen LogP contribution is -2.74. The van der Waals surface area contributed by atoms with Gasteiger partial charge in [0.2, 0.25) is 0 Å². The number of carbonyl (C=O) groups is 2. The smallest absolute Gasteiger partial charge is 0.436 e. The first-order valence-corrected chi connectivity index (χ1v) is 9.21. The Morgan fingerprint density at radius 3 is 2.21 bits per heavy atom. The van der Waals surface area contributed by atoms with Crippen molar-refractivity contribution in [2.45, 2.75) is 56.9 Å². The number of hydrogen-bond acceptors (Lipinski definition) is 5. The van der Waals surface area contributed by atoms with Gasteiger partial charge in [-0.3, -0.25) is 10.1 Å². The monoisotopic (exact) mass is 402 g/mol. The van der Waals surface area contributed by atoms with Crippen LogP contribution in [0.25, 0.3) is 0 Å². The van der Waals surface area contributed by atoms with Gasteiger partial charge in [0, 0.05) is 11.6 Å². The highest BCUT2D eigenvalue weighted by molar-refractivity contribution is 5.98. The third-order valence-electron chi connectivity index (χ3n) is 4.69. The van der Waals surface area contributed by atoms with Crippen LogP contribution in [0.5, 0.6) is 5.75 Å². The molecule has 0 saturated heterocycles. The largest absolute Gasteiger partial charge is 0.497 e. The number of esters is 1. The van der Waals surface area contributed by atoms with Gasteiger partial charge in [0.15, 0.2) is 0 Å². The summed E-state index contributed by atoms with van der Waals surface area (Å²) in [5.74, 6) is -2.17. The second-order valence-electron chi connectivity index (χ2n) is 6.63. The van der Waals surface area contributed by atoms with E-state index in [9.17, 15) is 22.8 Å². The van der Waals surface area contributed by atoms with Gasteiger partial charge in [-0.1, -0.05) is 19.3 Å². The molecule has 2 N–H and O–H groups in total. The number of alkyl halides is 3. The van der Waals surface area contributed by atoms with Gasteiger partial charge in [-0.05, 0) is 44.0 Å². The van der Waals surface area contributed by atoms with Crippen molar-refractivity contribution in [3.8, 4) is 5.75 Å². The molecule has 1 atom stereocenters. The van der Waals surface area contributed by atoms with Gasteiger partial charge in [-0.15, -0.1) is 0 Å². The van der Waals surface area contributed by atoms with Crippen LogP contribution in [-0.2, 0) is 9.53 Å². The first-order chi connectivity index (χ1) is 13.2. The van der Waals surface area contributed by atoms with Gasteiger partial charge in [-0.2, -0.15) is 13.2 Å². The summed E-state index contributed by atoms with van der Waals surface area (Å²) in [6.45, 7) is 1.16. The fourth-order valence-corrected chi connectivity index (χ4v) is 3.19. The fraction of sp³-hybridized carbons (Fsp3) is 0.579. The average molecular weight is 402 g/mol. The number of nitrogens with one attached hydrogen (secondary N) is 2. The zero-order valence-electron chi connectivity index (χ0n) is 15.9. The van der Waals surface area contributed by atoms with E-state index in [2.05, 4.69) is 5.32 Å². The molecule has 1 saturated carbocycles. The Bertz CT molecular complexity index is 673. The van der Waals surface area contributed by atoms with Crippen molar-refractivity contribution < 1.29 is 32.2 Å². The number of hydrogen-bond donors (Lipinski definition) is 2. The Kier molecular flexibility index (Phi) is 7.29. The molecule has 156 valence electrons. The highest BCUT2D eigenvalue weighted by Gasteiger charge is 2.63. The van der Waals surface area contributed by atoms with Crippen molar-refractivity contribution in [1.82, 2.24) is 10.6 Å². The molecule has 0 aromatic heterocycles. The van der Waals surface area contributed by atoms with E-state index >= 15 is 0 Å². The summed E-state index contributed by atoms with van der Waals surface area (Å²) in [4.78, 5) is 25.0. The van der Waals surface area contributed by atoms with Crippen LogP contribution in [0.4, 0.5) is 13.2 Å². The van der Waals surface area contributed by atoms with Crippen LogP contribution in [0.3, 0.4) is 0 Å². The normalized spacial score (nSPS) is 17.5. The Balaban J connectivity index is 2.35. The van der Waals surface area contributed by atoms with E-state index in [0.717, 1.165) is 19.3 Å². The number of carbonyl (C=O) groups excluding carboxylic acids is 2. The summed E-state index contributed by atoms with van der Waals surface area (Å²) in [6, 6.07) is 4.98. The molecule has 1 aliphatic carbocycles. The summed E-state index contributed by atoms with van der Waals surface area (Å²) in [5, 5.41) is 4.23. The summed E-state index contributed by atoms with van der Waals surface area (Å²) >= 11 is 0. The van der Waals surface area contributed by atoms with Crippen molar-refractivity contribution in [1.29, 1.82) is 0 Å². The van der Waals surface area contributed by atoms with Crippen LogP contribution in [-0.4, -0.2) is 43.5 Å². The van der Waals surface area contributed by atoms with Gasteiger partial charge in [0.05, 0.1) is 13.7 Å². The molecule has 1 amide bonds. The molecule has 0 heterocycles. The van der Waals surface area contributed by atoms with E-state index in [1.807, 2.05) is 5.32 Å². The minimum atomic E-state index is -5.10. The first kappa shape index (κ1) is 22.0. The second-order valence-corrected chi connectivity index (χ2v) is 6.63. The zero-order valence-corrected chi connectivity index (χ0v) is 15.9. The lowest BCUT2D eigenvalue weighted by molar-refractivity contribution is -0.220. The van der Waals surface area contributed by atoms with Crippen molar-refractivity contribution in [2.24, 2.45) is 0 Å². The SMILES string of the molecule is CCOC(=O)[C@](NC(=O)c1ccc(OC)cc1)(NC1CCCCC1)C(F)(F)F. The van der Waals surface area contributed by atoms with Crippen molar-refractivity contribution in [2.75, 3.05) is 13.7 Å². The topological polar surface area (TPSA) is 76.7 Å². The molecular weight excluding hydrogens is 377 g/mol. The van der Waals surface area contributed by atoms with Gasteiger partial charge in [0.1, 0.15) is 5.75 Å². The van der Waals surface area contributed by atoms with Crippen LogP contribution >= 0.6 is 0 Å². The summed E-state index contributed by atoms with van der Waals surface area (Å²) < 4.78 is 52.0. The maximum Gasteiger partial charge on any atom is 0.436 e. The Morgan fingerprint density at radius 2 is 1.71 bits per heavy atom. The van der Waals surface area contributed by atoms with E-state index < -0.39 is 29.8 Å². The minimum absolute atomic E-state index is 0.0378. The van der Waals surface area contributed by atoms with Gasteiger partial charge in [0.25, 0.3) is 11.6 Å². The third-order valence-corrected chi connectivity index (χ3v) is 4.69. The number of amides is 1. The number of rotatable bonds is 7. The maximum atomic E-state index is 14.1. The molecular formula is C19H25F3N2O4. The van der Waals surface area contributed by atoms with Gasteiger partial charge >= 0.3 is 12.1 Å². The number of methoxy groups -OCH3 is 1. The van der Waals surface area contributed by atoms with E-state index in [4.69, 9.17) is 9.47 Å². The van der Waals surface area contributed by atoms with Crippen molar-refractivity contribution >= 4 is 11.9 Å². The standard InChI is InChI=1S/C19H25F3N2O4/c1-3-28-17(26)18(19(20,21)22,23-14-7-5-4-6-8-14)24-16(25)13-9-11-15(27-2)12-10-13/h9-12,14,23H,3-8H2,1-2H3,(H,24,25)/t18-/m1/s1. The van der Waals surface area contributed by atoms with E-state index in [1.54, 1.807) is 0 Å². The minimum Gasteiger partial charge on any atom is -0.497 e. The molecule has 1 aromatic carbocycles. The fourth-order valence-electron chi connectivity index (χ4n) is 3.19. The quantitative estimate of drug-likeness (QED) is 0.541.